The zero-order chi connectivity index (χ0) is 20.5. The molecule has 4 aliphatic carbocycles. The number of aliphatic hydroxyl groups excluding tert-OH is 1. The van der Waals surface area contributed by atoms with Crippen molar-refractivity contribution in [2.45, 2.75) is 96.9 Å². The third-order valence-corrected chi connectivity index (χ3v) is 9.60. The molecule has 4 aliphatic rings. The number of fused-ring (bicyclic) bond motifs is 5. The van der Waals surface area contributed by atoms with E-state index in [1.54, 1.807) is 0 Å². The predicted molar refractivity (Wildman–Crippen MR) is 104 cm³/mol. The van der Waals surface area contributed by atoms with Gasteiger partial charge in [-0.15, -0.1) is 0 Å². The van der Waals surface area contributed by atoms with Crippen molar-refractivity contribution < 1.29 is 24.5 Å². The molecule has 0 heterocycles. The topological polar surface area (TPSA) is 83.8 Å². The number of ether oxygens (including phenoxy) is 1. The summed E-state index contributed by atoms with van der Waals surface area (Å²) in [6.07, 6.45) is 6.16. The number of ketones is 1. The first kappa shape index (κ1) is 20.3. The number of hydrogen-bond donors (Lipinski definition) is 2. The van der Waals surface area contributed by atoms with Gasteiger partial charge >= 0.3 is 5.97 Å². The van der Waals surface area contributed by atoms with Crippen LogP contribution in [-0.2, 0) is 14.3 Å². The highest BCUT2D eigenvalue weighted by Crippen LogP contribution is 2.68. The predicted octanol–water partition coefficient (Wildman–Crippen LogP) is 3.25. The number of Topliss-reactive ketones (excluding diaryl/α,β-unsaturated/α-hetero) is 1. The van der Waals surface area contributed by atoms with Gasteiger partial charge in [-0.25, -0.2) is 0 Å². The van der Waals surface area contributed by atoms with Crippen LogP contribution in [0.15, 0.2) is 0 Å². The first-order valence-electron chi connectivity index (χ1n) is 11.1. The van der Waals surface area contributed by atoms with E-state index in [0.29, 0.717) is 24.7 Å². The monoisotopic (exact) mass is 392 g/mol. The molecule has 0 spiro atoms. The SMILES string of the molecule is CC(=O)O[C@@H]1C[C@]2(C)[C@H](CC[C@]2(O)C(C)=O)[C@@H]2CC[C@@H]3C[C@H](O)CC[C@@]3(C)[C@H]21. The molecule has 0 unspecified atom stereocenters. The van der Waals surface area contributed by atoms with Gasteiger partial charge in [-0.2, -0.15) is 0 Å². The average molecular weight is 393 g/mol. The lowest BCUT2D eigenvalue weighted by Crippen LogP contribution is -2.63. The van der Waals surface area contributed by atoms with E-state index < -0.39 is 11.0 Å². The van der Waals surface area contributed by atoms with Crippen LogP contribution in [0.3, 0.4) is 0 Å². The van der Waals surface area contributed by atoms with Crippen LogP contribution in [-0.4, -0.2) is 39.8 Å². The smallest absolute Gasteiger partial charge is 0.302 e. The Morgan fingerprint density at radius 1 is 1.04 bits per heavy atom. The third kappa shape index (κ3) is 2.64. The molecule has 4 saturated carbocycles. The molecule has 2 N–H and O–H groups in total. The number of carbonyl (C=O) groups excluding carboxylic acids is 2. The second-order valence-corrected chi connectivity index (χ2v) is 10.7. The number of hydrogen-bond acceptors (Lipinski definition) is 5. The van der Waals surface area contributed by atoms with Crippen LogP contribution in [0.5, 0.6) is 0 Å². The molecule has 0 aromatic carbocycles. The molecule has 9 atom stereocenters. The van der Waals surface area contributed by atoms with Gasteiger partial charge in [0.15, 0.2) is 5.78 Å². The van der Waals surface area contributed by atoms with Crippen molar-refractivity contribution in [1.82, 2.24) is 0 Å². The van der Waals surface area contributed by atoms with Gasteiger partial charge in [0.05, 0.1) is 6.10 Å². The summed E-state index contributed by atoms with van der Waals surface area (Å²) in [6.45, 7) is 7.35. The molecule has 0 aromatic heterocycles. The third-order valence-electron chi connectivity index (χ3n) is 9.60. The number of esters is 1. The first-order chi connectivity index (χ1) is 13.0. The largest absolute Gasteiger partial charge is 0.462 e. The van der Waals surface area contributed by atoms with Crippen LogP contribution in [0.4, 0.5) is 0 Å². The summed E-state index contributed by atoms with van der Waals surface area (Å²) in [6, 6.07) is 0. The lowest BCUT2D eigenvalue weighted by atomic mass is 9.43. The zero-order valence-electron chi connectivity index (χ0n) is 17.7. The van der Waals surface area contributed by atoms with Gasteiger partial charge < -0.3 is 14.9 Å². The van der Waals surface area contributed by atoms with E-state index in [1.807, 2.05) is 0 Å². The van der Waals surface area contributed by atoms with Crippen molar-refractivity contribution in [2.24, 2.45) is 34.5 Å². The fourth-order valence-electron chi connectivity index (χ4n) is 8.23. The molecular weight excluding hydrogens is 356 g/mol. The molecule has 0 saturated heterocycles. The summed E-state index contributed by atoms with van der Waals surface area (Å²) >= 11 is 0. The van der Waals surface area contributed by atoms with E-state index in [1.165, 1.54) is 13.8 Å². The van der Waals surface area contributed by atoms with Crippen LogP contribution < -0.4 is 0 Å². The lowest BCUT2D eigenvalue weighted by molar-refractivity contribution is -0.212. The molecule has 0 amide bonds. The molecule has 5 nitrogen and oxygen atoms in total. The maximum atomic E-state index is 12.5. The molecule has 158 valence electrons. The molecule has 28 heavy (non-hydrogen) atoms. The van der Waals surface area contributed by atoms with Crippen molar-refractivity contribution in [1.29, 1.82) is 0 Å². The minimum Gasteiger partial charge on any atom is -0.462 e. The minimum atomic E-state index is -1.32. The Balaban J connectivity index is 1.76. The summed E-state index contributed by atoms with van der Waals surface area (Å²) in [4.78, 5) is 24.5. The molecule has 0 radical (unpaired) electrons. The van der Waals surface area contributed by atoms with Crippen molar-refractivity contribution in [3.63, 3.8) is 0 Å². The highest BCUT2D eigenvalue weighted by molar-refractivity contribution is 5.86. The maximum Gasteiger partial charge on any atom is 0.302 e. The Morgan fingerprint density at radius 2 is 1.75 bits per heavy atom. The van der Waals surface area contributed by atoms with Crippen molar-refractivity contribution in [3.05, 3.63) is 0 Å². The molecular formula is C23H36O5. The Labute approximate surface area is 168 Å². The summed E-state index contributed by atoms with van der Waals surface area (Å²) in [5, 5.41) is 21.6. The minimum absolute atomic E-state index is 0.0422. The fourth-order valence-corrected chi connectivity index (χ4v) is 8.23. The van der Waals surface area contributed by atoms with Crippen LogP contribution in [0.1, 0.15) is 79.1 Å². The van der Waals surface area contributed by atoms with E-state index in [9.17, 15) is 19.8 Å². The van der Waals surface area contributed by atoms with Crippen LogP contribution in [0.25, 0.3) is 0 Å². The molecule has 0 aliphatic heterocycles. The van der Waals surface area contributed by atoms with E-state index in [4.69, 9.17) is 4.74 Å². The van der Waals surface area contributed by atoms with Crippen LogP contribution in [0, 0.1) is 34.5 Å². The number of aliphatic hydroxyl groups is 2. The quantitative estimate of drug-likeness (QED) is 0.705. The molecule has 0 bridgehead atoms. The van der Waals surface area contributed by atoms with Crippen molar-refractivity contribution in [3.8, 4) is 0 Å². The van der Waals surface area contributed by atoms with Gasteiger partial charge in [0, 0.05) is 18.3 Å². The Bertz CT molecular complexity index is 676. The van der Waals surface area contributed by atoms with E-state index in [0.717, 1.165) is 38.5 Å². The van der Waals surface area contributed by atoms with Gasteiger partial charge in [0.1, 0.15) is 11.7 Å². The molecule has 4 rings (SSSR count). The Morgan fingerprint density at radius 3 is 2.39 bits per heavy atom. The maximum absolute atomic E-state index is 12.5. The second kappa shape index (κ2) is 6.53. The summed E-state index contributed by atoms with van der Waals surface area (Å²) in [7, 11) is 0. The first-order valence-corrected chi connectivity index (χ1v) is 11.1. The molecule has 4 fully saturated rings. The van der Waals surface area contributed by atoms with E-state index in [-0.39, 0.29) is 41.2 Å². The summed E-state index contributed by atoms with van der Waals surface area (Å²) < 4.78 is 5.92. The van der Waals surface area contributed by atoms with Gasteiger partial charge in [0.25, 0.3) is 0 Å². The summed E-state index contributed by atoms with van der Waals surface area (Å²) in [5.74, 6) is 0.897. The summed E-state index contributed by atoms with van der Waals surface area (Å²) in [5.41, 5.74) is -1.82. The van der Waals surface area contributed by atoms with Crippen molar-refractivity contribution in [2.75, 3.05) is 0 Å². The van der Waals surface area contributed by atoms with Gasteiger partial charge in [-0.1, -0.05) is 13.8 Å². The fraction of sp³-hybridized carbons (Fsp3) is 0.913. The Hall–Kier alpha value is -0.940. The highest BCUT2D eigenvalue weighted by atomic mass is 16.5. The van der Waals surface area contributed by atoms with Crippen LogP contribution in [0.2, 0.25) is 0 Å². The zero-order valence-corrected chi connectivity index (χ0v) is 17.7. The Kier molecular flexibility index (Phi) is 4.74. The number of carbonyl (C=O) groups is 2. The standard InChI is InChI=1S/C23H36O5/c1-13(24)23(27)10-8-18-17-6-5-15-11-16(26)7-9-21(15,3)20(17)19(28-14(2)25)12-22(18,23)4/h15-20,26-27H,5-12H2,1-4H3/t15-,16-,17+,18-,19-,20-,21-,22-,23+/m1/s1. The average Bonchev–Trinajstić information content (AvgIpc) is 2.87. The van der Waals surface area contributed by atoms with Gasteiger partial charge in [-0.3, -0.25) is 9.59 Å². The van der Waals surface area contributed by atoms with Crippen LogP contribution >= 0.6 is 0 Å². The van der Waals surface area contributed by atoms with Crippen molar-refractivity contribution >= 4 is 11.8 Å². The van der Waals surface area contributed by atoms with Gasteiger partial charge in [-0.05, 0) is 81.5 Å². The molecule has 0 aromatic rings. The normalized spacial score (nSPS) is 52.9. The second-order valence-electron chi connectivity index (χ2n) is 10.7. The van der Waals surface area contributed by atoms with E-state index in [2.05, 4.69) is 13.8 Å². The highest BCUT2D eigenvalue weighted by Gasteiger charge is 2.69. The van der Waals surface area contributed by atoms with E-state index >= 15 is 0 Å². The number of rotatable bonds is 2. The molecule has 5 heteroatoms. The lowest BCUT2D eigenvalue weighted by Gasteiger charge is -2.63. The van der Waals surface area contributed by atoms with Gasteiger partial charge in [0.2, 0.25) is 0 Å².